The highest BCUT2D eigenvalue weighted by atomic mass is 79.9. The number of halogens is 1. The number of benzene rings is 1. The number of nitrogens with zero attached hydrogens (tertiary/aromatic N) is 5. The summed E-state index contributed by atoms with van der Waals surface area (Å²) < 4.78 is 28.2. The fraction of sp³-hybridized carbons (Fsp3) is 0.500. The lowest BCUT2D eigenvalue weighted by Gasteiger charge is -2.43. The summed E-state index contributed by atoms with van der Waals surface area (Å²) >= 11 is 3.33. The standard InChI is InChI=1S/C22H28BrN5O3S/c1-17-24-10-7-20(25-17)26-11-8-22(2,9-12-26)21(29)27-13-15-28(16-14-27)32(30,31)19-5-3-18(23)4-6-19/h3-7,10H,8-9,11-16H2,1-2H3. The van der Waals surface area contributed by atoms with Crippen molar-refractivity contribution in [2.75, 3.05) is 44.2 Å². The van der Waals surface area contributed by atoms with E-state index < -0.39 is 15.4 Å². The second-order valence-corrected chi connectivity index (χ2v) is 11.5. The van der Waals surface area contributed by atoms with Crippen LogP contribution in [-0.4, -0.2) is 72.8 Å². The van der Waals surface area contributed by atoms with Crippen molar-refractivity contribution in [2.24, 2.45) is 5.41 Å². The number of anilines is 1. The first kappa shape index (κ1) is 23.1. The van der Waals surface area contributed by atoms with Gasteiger partial charge in [0.25, 0.3) is 0 Å². The molecule has 10 heteroatoms. The fourth-order valence-electron chi connectivity index (χ4n) is 4.33. The Morgan fingerprint density at radius 3 is 2.22 bits per heavy atom. The molecule has 1 aromatic carbocycles. The molecule has 0 aliphatic carbocycles. The van der Waals surface area contributed by atoms with Crippen LogP contribution in [0, 0.1) is 12.3 Å². The SMILES string of the molecule is Cc1nccc(N2CCC(C)(C(=O)N3CCN(S(=O)(=O)c4ccc(Br)cc4)CC3)CC2)n1. The first-order valence-electron chi connectivity index (χ1n) is 10.8. The van der Waals surface area contributed by atoms with E-state index in [1.54, 1.807) is 30.5 Å². The van der Waals surface area contributed by atoms with Crippen LogP contribution in [-0.2, 0) is 14.8 Å². The Kier molecular flexibility index (Phi) is 6.56. The van der Waals surface area contributed by atoms with Gasteiger partial charge >= 0.3 is 0 Å². The molecule has 0 spiro atoms. The third kappa shape index (κ3) is 4.67. The number of carbonyl (C=O) groups is 1. The van der Waals surface area contributed by atoms with Crippen molar-refractivity contribution in [2.45, 2.75) is 31.6 Å². The molecule has 8 nitrogen and oxygen atoms in total. The van der Waals surface area contributed by atoms with Crippen LogP contribution in [0.5, 0.6) is 0 Å². The molecule has 0 unspecified atom stereocenters. The monoisotopic (exact) mass is 521 g/mol. The average Bonchev–Trinajstić information content (AvgIpc) is 2.79. The minimum absolute atomic E-state index is 0.122. The van der Waals surface area contributed by atoms with Gasteiger partial charge in [0.2, 0.25) is 15.9 Å². The minimum atomic E-state index is -3.55. The number of hydrogen-bond donors (Lipinski definition) is 0. The normalized spacial score (nSPS) is 19.7. The van der Waals surface area contributed by atoms with E-state index in [-0.39, 0.29) is 10.8 Å². The van der Waals surface area contributed by atoms with Gasteiger partial charge in [-0.25, -0.2) is 18.4 Å². The summed E-state index contributed by atoms with van der Waals surface area (Å²) in [5, 5.41) is 0. The first-order chi connectivity index (χ1) is 15.2. The predicted molar refractivity (Wildman–Crippen MR) is 126 cm³/mol. The van der Waals surface area contributed by atoms with E-state index in [0.717, 1.165) is 42.0 Å². The highest BCUT2D eigenvalue weighted by Gasteiger charge is 2.41. The van der Waals surface area contributed by atoms with Crippen LogP contribution in [0.4, 0.5) is 5.82 Å². The molecule has 0 bridgehead atoms. The van der Waals surface area contributed by atoms with Gasteiger partial charge in [0, 0.05) is 55.4 Å². The Morgan fingerprint density at radius 1 is 1.00 bits per heavy atom. The Labute approximate surface area is 197 Å². The second kappa shape index (κ2) is 9.07. The van der Waals surface area contributed by atoms with Crippen LogP contribution in [0.25, 0.3) is 0 Å². The Bertz CT molecular complexity index is 1080. The van der Waals surface area contributed by atoms with Crippen molar-refractivity contribution in [1.82, 2.24) is 19.2 Å². The summed E-state index contributed by atoms with van der Waals surface area (Å²) in [7, 11) is -3.55. The summed E-state index contributed by atoms with van der Waals surface area (Å²) in [6.07, 6.45) is 3.25. The third-order valence-corrected chi connectivity index (χ3v) is 8.89. The molecule has 0 saturated carbocycles. The molecule has 2 saturated heterocycles. The van der Waals surface area contributed by atoms with Crippen molar-refractivity contribution in [3.8, 4) is 0 Å². The molecule has 2 aliphatic heterocycles. The lowest BCUT2D eigenvalue weighted by Crippen LogP contribution is -2.55. The second-order valence-electron chi connectivity index (χ2n) is 8.66. The number of amides is 1. The van der Waals surface area contributed by atoms with E-state index >= 15 is 0 Å². The van der Waals surface area contributed by atoms with Crippen molar-refractivity contribution in [3.63, 3.8) is 0 Å². The molecular weight excluding hydrogens is 494 g/mol. The molecule has 2 fully saturated rings. The smallest absolute Gasteiger partial charge is 0.243 e. The summed E-state index contributed by atoms with van der Waals surface area (Å²) in [5.74, 6) is 1.76. The molecule has 2 aromatic rings. The highest BCUT2D eigenvalue weighted by molar-refractivity contribution is 9.10. The topological polar surface area (TPSA) is 86.7 Å². The molecule has 4 rings (SSSR count). The van der Waals surface area contributed by atoms with Gasteiger partial charge in [-0.3, -0.25) is 4.79 Å². The van der Waals surface area contributed by atoms with Gasteiger partial charge in [0.15, 0.2) is 0 Å². The van der Waals surface area contributed by atoms with Gasteiger partial charge in [-0.2, -0.15) is 4.31 Å². The molecule has 2 aliphatic rings. The molecule has 32 heavy (non-hydrogen) atoms. The Morgan fingerprint density at radius 2 is 1.62 bits per heavy atom. The van der Waals surface area contributed by atoms with Crippen LogP contribution in [0.15, 0.2) is 45.9 Å². The van der Waals surface area contributed by atoms with Crippen LogP contribution in [0.2, 0.25) is 0 Å². The zero-order valence-corrected chi connectivity index (χ0v) is 20.8. The molecule has 1 aromatic heterocycles. The molecule has 1 amide bonds. The number of aryl methyl sites for hydroxylation is 1. The van der Waals surface area contributed by atoms with Crippen molar-refractivity contribution >= 4 is 37.7 Å². The zero-order chi connectivity index (χ0) is 22.9. The molecule has 0 radical (unpaired) electrons. The molecule has 0 atom stereocenters. The molecule has 172 valence electrons. The van der Waals surface area contributed by atoms with E-state index in [1.807, 2.05) is 24.8 Å². The van der Waals surface area contributed by atoms with Crippen molar-refractivity contribution in [1.29, 1.82) is 0 Å². The summed E-state index contributed by atoms with van der Waals surface area (Å²) in [6.45, 7) is 6.88. The van der Waals surface area contributed by atoms with E-state index in [9.17, 15) is 13.2 Å². The van der Waals surface area contributed by atoms with Gasteiger partial charge in [0.05, 0.1) is 4.90 Å². The van der Waals surface area contributed by atoms with Gasteiger partial charge < -0.3 is 9.80 Å². The zero-order valence-electron chi connectivity index (χ0n) is 18.4. The quantitative estimate of drug-likeness (QED) is 0.614. The third-order valence-electron chi connectivity index (χ3n) is 6.45. The number of rotatable bonds is 4. The molecular formula is C22H28BrN5O3S. The van der Waals surface area contributed by atoms with Gasteiger partial charge in [-0.05, 0) is 50.1 Å². The predicted octanol–water partition coefficient (Wildman–Crippen LogP) is 2.69. The minimum Gasteiger partial charge on any atom is -0.356 e. The lowest BCUT2D eigenvalue weighted by atomic mass is 9.79. The Hall–Kier alpha value is -2.04. The van der Waals surface area contributed by atoms with Crippen molar-refractivity contribution in [3.05, 3.63) is 46.8 Å². The van der Waals surface area contributed by atoms with E-state index in [4.69, 9.17) is 0 Å². The van der Waals surface area contributed by atoms with Gasteiger partial charge in [0.1, 0.15) is 11.6 Å². The number of hydrogen-bond acceptors (Lipinski definition) is 6. The van der Waals surface area contributed by atoms with Crippen molar-refractivity contribution < 1.29 is 13.2 Å². The number of piperazine rings is 1. The lowest BCUT2D eigenvalue weighted by molar-refractivity contribution is -0.143. The molecule has 0 N–H and O–H groups in total. The summed E-state index contributed by atoms with van der Waals surface area (Å²) in [5.41, 5.74) is -0.439. The van der Waals surface area contributed by atoms with Crippen LogP contribution < -0.4 is 4.90 Å². The number of piperidine rings is 1. The average molecular weight is 522 g/mol. The van der Waals surface area contributed by atoms with E-state index in [2.05, 4.69) is 30.8 Å². The van der Waals surface area contributed by atoms with Crippen LogP contribution >= 0.6 is 15.9 Å². The van der Waals surface area contributed by atoms with E-state index in [1.165, 1.54) is 4.31 Å². The fourth-order valence-corrected chi connectivity index (χ4v) is 6.02. The van der Waals surface area contributed by atoms with Crippen LogP contribution in [0.3, 0.4) is 0 Å². The summed E-state index contributed by atoms with van der Waals surface area (Å²) in [6, 6.07) is 8.56. The first-order valence-corrected chi connectivity index (χ1v) is 13.0. The maximum absolute atomic E-state index is 13.3. The summed E-state index contributed by atoms with van der Waals surface area (Å²) in [4.78, 5) is 26.3. The van der Waals surface area contributed by atoms with E-state index in [0.29, 0.717) is 26.2 Å². The maximum atomic E-state index is 13.3. The van der Waals surface area contributed by atoms with Gasteiger partial charge in [-0.1, -0.05) is 22.9 Å². The number of aromatic nitrogens is 2. The van der Waals surface area contributed by atoms with Crippen LogP contribution in [0.1, 0.15) is 25.6 Å². The molecule has 3 heterocycles. The largest absolute Gasteiger partial charge is 0.356 e. The number of sulfonamides is 1. The highest BCUT2D eigenvalue weighted by Crippen LogP contribution is 2.35. The maximum Gasteiger partial charge on any atom is 0.243 e. The Balaban J connectivity index is 1.35. The van der Waals surface area contributed by atoms with Gasteiger partial charge in [-0.15, -0.1) is 0 Å². The number of carbonyl (C=O) groups excluding carboxylic acids is 1.